The molecule has 3 aromatic carbocycles. The Balaban J connectivity index is 1.71. The molecule has 1 fully saturated rings. The lowest BCUT2D eigenvalue weighted by atomic mass is 9.92. The summed E-state index contributed by atoms with van der Waals surface area (Å²) >= 11 is 2.46. The van der Waals surface area contributed by atoms with Gasteiger partial charge in [-0.25, -0.2) is 4.39 Å². The Morgan fingerprint density at radius 3 is 1.87 bits per heavy atom. The number of ketones is 1. The van der Waals surface area contributed by atoms with E-state index in [4.69, 9.17) is 0 Å². The molecule has 3 aromatic rings. The van der Waals surface area contributed by atoms with Crippen LogP contribution in [0.5, 0.6) is 0 Å². The maximum absolute atomic E-state index is 14.6. The molecule has 0 bridgehead atoms. The summed E-state index contributed by atoms with van der Waals surface area (Å²) in [7, 11) is 0. The van der Waals surface area contributed by atoms with Crippen LogP contribution in [-0.4, -0.2) is 36.5 Å². The highest BCUT2D eigenvalue weighted by molar-refractivity contribution is 9.10. The van der Waals surface area contributed by atoms with Gasteiger partial charge in [0.25, 0.3) is 11.8 Å². The minimum Gasteiger partial charge on any atom is -0.320 e. The van der Waals surface area contributed by atoms with Crippen molar-refractivity contribution in [2.24, 2.45) is 5.92 Å². The summed E-state index contributed by atoms with van der Waals surface area (Å²) in [5.41, 5.74) is -11.6. The Labute approximate surface area is 262 Å². The van der Waals surface area contributed by atoms with Gasteiger partial charge in [-0.15, -0.1) is 0 Å². The van der Waals surface area contributed by atoms with Gasteiger partial charge in [0.15, 0.2) is 5.78 Å². The monoisotopic (exact) mass is 726 g/mol. The molecule has 16 heteroatoms. The Hall–Kier alpha value is -3.95. The standard InChI is InChI=1S/C30H21BrF10N2O3/c1-15(44)17-7-9-18(10-8-17)26(46)43(14-16-5-6-16)21-4-2-3-19(11-21)25(45)42-24-22(28(33,34)35)12-20(13-23(24)31)27(32,29(36,37)38)30(39,40)41/h2-4,7-13,16H,5-6,14H2,1H3,(H,42,45). The van der Waals surface area contributed by atoms with E-state index in [-0.39, 0.29) is 41.1 Å². The molecule has 0 unspecified atom stereocenters. The molecule has 0 atom stereocenters. The number of nitrogens with one attached hydrogen (secondary N) is 1. The van der Waals surface area contributed by atoms with Gasteiger partial charge < -0.3 is 10.2 Å². The molecule has 4 rings (SSSR count). The largest absolute Gasteiger partial charge is 0.435 e. The molecule has 0 heterocycles. The first-order valence-electron chi connectivity index (χ1n) is 13.2. The molecular weight excluding hydrogens is 706 g/mol. The first kappa shape index (κ1) is 34.9. The van der Waals surface area contributed by atoms with Gasteiger partial charge in [-0.3, -0.25) is 14.4 Å². The SMILES string of the molecule is CC(=O)c1ccc(C(=O)N(CC2CC2)c2cccc(C(=O)Nc3c(Br)cc(C(F)(C(F)(F)F)C(F)(F)F)cc3C(F)(F)F)c2)cc1. The summed E-state index contributed by atoms with van der Waals surface area (Å²) < 4.78 is 135. The van der Waals surface area contributed by atoms with Crippen molar-refractivity contribution in [1.29, 1.82) is 0 Å². The number of benzene rings is 3. The van der Waals surface area contributed by atoms with E-state index in [1.54, 1.807) is 0 Å². The predicted octanol–water partition coefficient (Wildman–Crippen LogP) is 9.27. The molecule has 1 aliphatic carbocycles. The number of rotatable bonds is 8. The number of Topliss-reactive ketones (excluding diaryl/α,β-unsaturated/α-hetero) is 1. The number of carbonyl (C=O) groups is 3. The van der Waals surface area contributed by atoms with Crippen LogP contribution in [0.2, 0.25) is 0 Å². The van der Waals surface area contributed by atoms with E-state index in [2.05, 4.69) is 15.9 Å². The number of alkyl halides is 10. The molecule has 1 N–H and O–H groups in total. The summed E-state index contributed by atoms with van der Waals surface area (Å²) in [5.74, 6) is -1.89. The molecular formula is C30H21BrF10N2O3. The smallest absolute Gasteiger partial charge is 0.320 e. The number of nitrogens with zero attached hydrogens (tertiary/aromatic N) is 1. The molecule has 1 aliphatic rings. The van der Waals surface area contributed by atoms with Gasteiger partial charge in [-0.2, -0.15) is 39.5 Å². The Bertz CT molecular complexity index is 1650. The number of hydrogen-bond donors (Lipinski definition) is 1. The molecule has 246 valence electrons. The van der Waals surface area contributed by atoms with Gasteiger partial charge in [0.2, 0.25) is 0 Å². The topological polar surface area (TPSA) is 66.5 Å². The molecule has 0 spiro atoms. The second kappa shape index (κ2) is 12.3. The van der Waals surface area contributed by atoms with Gasteiger partial charge in [-0.05, 0) is 84.1 Å². The van der Waals surface area contributed by atoms with Crippen molar-refractivity contribution in [3.05, 3.63) is 93.0 Å². The van der Waals surface area contributed by atoms with Crippen LogP contribution in [0, 0.1) is 5.92 Å². The Morgan fingerprint density at radius 1 is 0.804 bits per heavy atom. The third-order valence-corrected chi connectivity index (χ3v) is 7.78. The average Bonchev–Trinajstić information content (AvgIpc) is 3.78. The van der Waals surface area contributed by atoms with E-state index in [0.29, 0.717) is 5.56 Å². The quantitative estimate of drug-likeness (QED) is 0.186. The lowest BCUT2D eigenvalue weighted by Crippen LogP contribution is -2.50. The van der Waals surface area contributed by atoms with Crippen molar-refractivity contribution < 1.29 is 58.3 Å². The van der Waals surface area contributed by atoms with Gasteiger partial charge in [0.1, 0.15) is 0 Å². The van der Waals surface area contributed by atoms with E-state index in [1.165, 1.54) is 48.2 Å². The lowest BCUT2D eigenvalue weighted by molar-refractivity contribution is -0.348. The second-order valence-electron chi connectivity index (χ2n) is 10.5. The fourth-order valence-corrected chi connectivity index (χ4v) is 5.07. The third kappa shape index (κ3) is 7.05. The number of amides is 2. The lowest BCUT2D eigenvalue weighted by Gasteiger charge is -2.31. The first-order valence-corrected chi connectivity index (χ1v) is 14.0. The van der Waals surface area contributed by atoms with Gasteiger partial charge in [0, 0.05) is 39.0 Å². The summed E-state index contributed by atoms with van der Waals surface area (Å²) in [6.45, 7) is 1.56. The molecule has 0 aromatic heterocycles. The summed E-state index contributed by atoms with van der Waals surface area (Å²) in [6.07, 6.45) is -17.4. The van der Waals surface area contributed by atoms with E-state index >= 15 is 0 Å². The van der Waals surface area contributed by atoms with Crippen LogP contribution >= 0.6 is 15.9 Å². The van der Waals surface area contributed by atoms with Crippen LogP contribution in [0.4, 0.5) is 55.3 Å². The van der Waals surface area contributed by atoms with Crippen LogP contribution in [-0.2, 0) is 11.8 Å². The molecule has 5 nitrogen and oxygen atoms in total. The van der Waals surface area contributed by atoms with Crippen LogP contribution < -0.4 is 10.2 Å². The number of anilines is 2. The molecule has 0 saturated heterocycles. The van der Waals surface area contributed by atoms with E-state index in [0.717, 1.165) is 25.0 Å². The van der Waals surface area contributed by atoms with Gasteiger partial charge >= 0.3 is 24.2 Å². The Kier molecular flexibility index (Phi) is 9.37. The first-order chi connectivity index (χ1) is 21.1. The zero-order chi connectivity index (χ0) is 34.4. The maximum Gasteiger partial charge on any atom is 0.435 e. The third-order valence-electron chi connectivity index (χ3n) is 7.15. The zero-order valence-electron chi connectivity index (χ0n) is 23.3. The van der Waals surface area contributed by atoms with Crippen LogP contribution in [0.15, 0.2) is 65.1 Å². The summed E-state index contributed by atoms with van der Waals surface area (Å²) in [4.78, 5) is 39.5. The van der Waals surface area contributed by atoms with Crippen molar-refractivity contribution in [3.63, 3.8) is 0 Å². The van der Waals surface area contributed by atoms with Gasteiger partial charge in [-0.1, -0.05) is 18.2 Å². The van der Waals surface area contributed by atoms with Crippen LogP contribution in [0.25, 0.3) is 0 Å². The van der Waals surface area contributed by atoms with Crippen molar-refractivity contribution in [2.75, 3.05) is 16.8 Å². The average molecular weight is 727 g/mol. The molecule has 1 saturated carbocycles. The minimum atomic E-state index is -6.68. The fraction of sp³-hybridized carbons (Fsp3) is 0.300. The molecule has 0 aliphatic heterocycles. The second-order valence-corrected chi connectivity index (χ2v) is 11.4. The summed E-state index contributed by atoms with van der Waals surface area (Å²) in [5, 5.41) is 1.83. The van der Waals surface area contributed by atoms with Crippen molar-refractivity contribution in [1.82, 2.24) is 0 Å². The number of carbonyl (C=O) groups excluding carboxylic acids is 3. The van der Waals surface area contributed by atoms with E-state index < -0.39 is 63.4 Å². The molecule has 46 heavy (non-hydrogen) atoms. The van der Waals surface area contributed by atoms with E-state index in [1.807, 2.05) is 5.32 Å². The highest BCUT2D eigenvalue weighted by Crippen LogP contribution is 2.55. The normalized spacial score (nSPS) is 14.2. The molecule has 2 amide bonds. The maximum atomic E-state index is 14.6. The summed E-state index contributed by atoms with van der Waals surface area (Å²) in [6, 6.07) is 10.0. The van der Waals surface area contributed by atoms with Crippen molar-refractivity contribution in [3.8, 4) is 0 Å². The molecule has 0 radical (unpaired) electrons. The van der Waals surface area contributed by atoms with Crippen molar-refractivity contribution >= 4 is 44.9 Å². The fourth-order valence-electron chi connectivity index (χ4n) is 4.51. The van der Waals surface area contributed by atoms with Crippen molar-refractivity contribution in [2.45, 2.75) is 44.0 Å². The van der Waals surface area contributed by atoms with E-state index in [9.17, 15) is 58.3 Å². The highest BCUT2D eigenvalue weighted by atomic mass is 79.9. The zero-order valence-corrected chi connectivity index (χ0v) is 24.9. The predicted molar refractivity (Wildman–Crippen MR) is 149 cm³/mol. The van der Waals surface area contributed by atoms with Gasteiger partial charge in [0.05, 0.1) is 11.3 Å². The van der Waals surface area contributed by atoms with Crippen LogP contribution in [0.3, 0.4) is 0 Å². The number of hydrogen-bond acceptors (Lipinski definition) is 3. The highest BCUT2D eigenvalue weighted by Gasteiger charge is 2.73. The Morgan fingerprint density at radius 2 is 1.37 bits per heavy atom. The minimum absolute atomic E-state index is 0.123. The van der Waals surface area contributed by atoms with Crippen LogP contribution in [0.1, 0.15) is 62.0 Å². The number of halogens is 11.